The molecule has 0 aromatic heterocycles. The van der Waals surface area contributed by atoms with Crippen LogP contribution < -0.4 is 20.1 Å². The first-order valence-corrected chi connectivity index (χ1v) is 17.8. The van der Waals surface area contributed by atoms with Crippen LogP contribution in [0.25, 0.3) is 0 Å². The monoisotopic (exact) mass is 725 g/mol. The molecule has 3 N–H and O–H groups in total. The van der Waals surface area contributed by atoms with Crippen molar-refractivity contribution in [3.63, 3.8) is 0 Å². The van der Waals surface area contributed by atoms with E-state index in [-0.39, 0.29) is 43.8 Å². The largest absolute Gasteiger partial charge is 0.444 e. The van der Waals surface area contributed by atoms with E-state index in [1.807, 2.05) is 0 Å². The van der Waals surface area contributed by atoms with Crippen LogP contribution in [-0.4, -0.2) is 89.9 Å². The number of fused-ring (bicyclic) bond motifs is 1. The standard InChI is InChI=1S/C34H36FN5O10S/c1-3-21-14-34(21,32(45)38-51(47,48)23-11-12-23)37-31(44)27-13-22(50-33(46)39-16-20-7-6-9-26(35)25(20)18-39)17-40(27)29(42)15-36-30(43)24-8-4-5-10-28(24)49-19(2)41/h3-10,21-23,27H,1,11-18H2,2H3,(H,36,43)(H,37,44)(H,38,45)/t21-,22-,27+,34-/m1/s1. The van der Waals surface area contributed by atoms with Crippen molar-refractivity contribution < 1.29 is 51.0 Å². The number of likely N-dealkylation sites (tertiary alicyclic amines) is 1. The number of halogens is 1. The van der Waals surface area contributed by atoms with Crippen molar-refractivity contribution in [3.8, 4) is 5.75 Å². The highest BCUT2D eigenvalue weighted by Gasteiger charge is 2.62. The van der Waals surface area contributed by atoms with Crippen LogP contribution >= 0.6 is 0 Å². The Kier molecular flexibility index (Phi) is 9.59. The summed E-state index contributed by atoms with van der Waals surface area (Å²) < 4.78 is 52.3. The van der Waals surface area contributed by atoms with Gasteiger partial charge in [-0.2, -0.15) is 0 Å². The predicted molar refractivity (Wildman–Crippen MR) is 175 cm³/mol. The number of benzene rings is 2. The first kappa shape index (κ1) is 35.5. The second-order valence-corrected chi connectivity index (χ2v) is 15.0. The van der Waals surface area contributed by atoms with Gasteiger partial charge in [0.15, 0.2) is 0 Å². The van der Waals surface area contributed by atoms with E-state index in [1.165, 1.54) is 48.2 Å². The Labute approximate surface area is 292 Å². The van der Waals surface area contributed by atoms with Crippen molar-refractivity contribution in [2.45, 2.75) is 68.6 Å². The van der Waals surface area contributed by atoms with E-state index in [1.54, 1.807) is 12.1 Å². The lowest BCUT2D eigenvalue weighted by Gasteiger charge is -2.26. The predicted octanol–water partition coefficient (Wildman–Crippen LogP) is 1.27. The molecule has 2 aromatic rings. The molecule has 2 aliphatic carbocycles. The number of carbonyl (C=O) groups is 6. The Morgan fingerprint density at radius 3 is 2.47 bits per heavy atom. The molecule has 2 saturated carbocycles. The van der Waals surface area contributed by atoms with Gasteiger partial charge in [0, 0.05) is 31.4 Å². The number of rotatable bonds is 11. The lowest BCUT2D eigenvalue weighted by atomic mass is 10.1. The summed E-state index contributed by atoms with van der Waals surface area (Å²) >= 11 is 0. The van der Waals surface area contributed by atoms with Crippen molar-refractivity contribution in [3.05, 3.63) is 77.6 Å². The summed E-state index contributed by atoms with van der Waals surface area (Å²) in [5.74, 6) is -4.97. The number of para-hydroxylation sites is 1. The first-order valence-electron chi connectivity index (χ1n) is 16.3. The molecule has 4 aliphatic rings. The maximum Gasteiger partial charge on any atom is 0.410 e. The van der Waals surface area contributed by atoms with E-state index in [2.05, 4.69) is 21.9 Å². The number of nitrogens with one attached hydrogen (secondary N) is 3. The summed E-state index contributed by atoms with van der Waals surface area (Å²) in [7, 11) is -3.94. The summed E-state index contributed by atoms with van der Waals surface area (Å²) in [5, 5.41) is 4.39. The summed E-state index contributed by atoms with van der Waals surface area (Å²) in [6.45, 7) is 4.03. The Balaban J connectivity index is 1.17. The highest BCUT2D eigenvalue weighted by atomic mass is 32.2. The zero-order valence-corrected chi connectivity index (χ0v) is 28.4. The zero-order valence-electron chi connectivity index (χ0n) is 27.6. The van der Waals surface area contributed by atoms with Crippen LogP contribution in [0.1, 0.15) is 54.1 Å². The lowest BCUT2D eigenvalue weighted by molar-refractivity contribution is -0.139. The van der Waals surface area contributed by atoms with Gasteiger partial charge in [-0.25, -0.2) is 17.6 Å². The molecule has 0 unspecified atom stereocenters. The van der Waals surface area contributed by atoms with Gasteiger partial charge in [0.05, 0.1) is 30.4 Å². The molecule has 2 aliphatic heterocycles. The van der Waals surface area contributed by atoms with E-state index in [4.69, 9.17) is 9.47 Å². The molecule has 270 valence electrons. The molecule has 1 saturated heterocycles. The van der Waals surface area contributed by atoms with E-state index in [0.29, 0.717) is 24.0 Å². The van der Waals surface area contributed by atoms with Gasteiger partial charge in [-0.15, -0.1) is 6.58 Å². The average molecular weight is 726 g/mol. The van der Waals surface area contributed by atoms with Gasteiger partial charge in [-0.1, -0.05) is 30.3 Å². The minimum Gasteiger partial charge on any atom is -0.444 e. The number of esters is 1. The molecule has 0 bridgehead atoms. The van der Waals surface area contributed by atoms with Gasteiger partial charge >= 0.3 is 12.1 Å². The molecule has 0 spiro atoms. The number of amides is 5. The number of hydrogen-bond acceptors (Lipinski definition) is 10. The van der Waals surface area contributed by atoms with E-state index < -0.39 is 86.9 Å². The number of carbonyl (C=O) groups excluding carboxylic acids is 6. The summed E-state index contributed by atoms with van der Waals surface area (Å²) in [5.41, 5.74) is -0.685. The summed E-state index contributed by atoms with van der Waals surface area (Å²) in [6.07, 6.45) is 0.309. The number of nitrogens with zero attached hydrogens (tertiary/aromatic N) is 2. The first-order chi connectivity index (χ1) is 24.2. The van der Waals surface area contributed by atoms with Gasteiger partial charge in [-0.05, 0) is 43.0 Å². The van der Waals surface area contributed by atoms with Crippen LogP contribution in [0.4, 0.5) is 9.18 Å². The molecule has 6 rings (SSSR count). The van der Waals surface area contributed by atoms with Crippen LogP contribution in [0.3, 0.4) is 0 Å². The molecule has 5 amide bonds. The normalized spacial score (nSPS) is 23.5. The topological polar surface area (TPSA) is 198 Å². The van der Waals surface area contributed by atoms with Crippen molar-refractivity contribution >= 4 is 45.7 Å². The average Bonchev–Trinajstić information content (AvgIpc) is 3.97. The van der Waals surface area contributed by atoms with Crippen molar-refractivity contribution in [1.29, 1.82) is 0 Å². The van der Waals surface area contributed by atoms with Crippen molar-refractivity contribution in [1.82, 2.24) is 25.2 Å². The van der Waals surface area contributed by atoms with Crippen LogP contribution in [0.2, 0.25) is 0 Å². The van der Waals surface area contributed by atoms with Crippen LogP contribution in [0.5, 0.6) is 5.75 Å². The fourth-order valence-corrected chi connectivity index (χ4v) is 7.77. The van der Waals surface area contributed by atoms with E-state index in [0.717, 1.165) is 4.90 Å². The Hall–Kier alpha value is -5.32. The second-order valence-electron chi connectivity index (χ2n) is 13.0. The van der Waals surface area contributed by atoms with E-state index in [9.17, 15) is 41.6 Å². The smallest absolute Gasteiger partial charge is 0.410 e. The van der Waals surface area contributed by atoms with Gasteiger partial charge in [0.1, 0.15) is 29.3 Å². The Bertz CT molecular complexity index is 1930. The van der Waals surface area contributed by atoms with E-state index >= 15 is 0 Å². The third-order valence-electron chi connectivity index (χ3n) is 9.37. The second kappa shape index (κ2) is 13.8. The Morgan fingerprint density at radius 2 is 1.80 bits per heavy atom. The minimum atomic E-state index is -3.94. The number of sulfonamides is 1. The molecule has 0 radical (unpaired) electrons. The molecular weight excluding hydrogens is 689 g/mol. The molecule has 2 heterocycles. The SMILES string of the molecule is C=C[C@@H]1C[C@]1(NC(=O)[C@@H]1C[C@@H](OC(=O)N2Cc3cccc(F)c3C2)CN1C(=O)CNC(=O)c1ccccc1OC(C)=O)C(=O)NS(=O)(=O)C1CC1. The van der Waals surface area contributed by atoms with Crippen molar-refractivity contribution in [2.24, 2.45) is 5.92 Å². The number of hydrogen-bond donors (Lipinski definition) is 3. The van der Waals surface area contributed by atoms with Crippen LogP contribution in [0, 0.1) is 11.7 Å². The van der Waals surface area contributed by atoms with Gasteiger partial charge in [0.25, 0.3) is 11.8 Å². The molecule has 15 nitrogen and oxygen atoms in total. The Morgan fingerprint density at radius 1 is 1.06 bits per heavy atom. The van der Waals surface area contributed by atoms with Gasteiger partial charge in [-0.3, -0.25) is 33.6 Å². The fraction of sp³-hybridized carbons (Fsp3) is 0.412. The highest BCUT2D eigenvalue weighted by Crippen LogP contribution is 2.45. The van der Waals surface area contributed by atoms with Gasteiger partial charge in [0.2, 0.25) is 21.8 Å². The maximum atomic E-state index is 14.3. The van der Waals surface area contributed by atoms with Crippen LogP contribution in [0.15, 0.2) is 55.1 Å². The molecule has 51 heavy (non-hydrogen) atoms. The number of ether oxygens (including phenoxy) is 2. The summed E-state index contributed by atoms with van der Waals surface area (Å²) in [4.78, 5) is 80.8. The minimum absolute atomic E-state index is 0.0237. The third kappa shape index (κ3) is 7.43. The summed E-state index contributed by atoms with van der Waals surface area (Å²) in [6, 6.07) is 9.09. The van der Waals surface area contributed by atoms with Crippen LogP contribution in [-0.2, 0) is 47.0 Å². The molecule has 3 fully saturated rings. The molecule has 4 atom stereocenters. The fourth-order valence-electron chi connectivity index (χ4n) is 6.40. The molecule has 17 heteroatoms. The lowest BCUT2D eigenvalue weighted by Crippen LogP contribution is -2.57. The van der Waals surface area contributed by atoms with Gasteiger partial charge < -0.3 is 25.0 Å². The quantitative estimate of drug-likeness (QED) is 0.172. The molecular formula is C34H36FN5O10S. The zero-order chi connectivity index (χ0) is 36.7. The molecule has 2 aromatic carbocycles. The highest BCUT2D eigenvalue weighted by molar-refractivity contribution is 7.91. The third-order valence-corrected chi connectivity index (χ3v) is 11.2. The van der Waals surface area contributed by atoms with Crippen molar-refractivity contribution in [2.75, 3.05) is 13.1 Å². The maximum absolute atomic E-state index is 14.3.